The Morgan fingerprint density at radius 2 is 2.08 bits per heavy atom. The number of nitrogens with two attached hydrogens (primary N) is 1. The summed E-state index contributed by atoms with van der Waals surface area (Å²) < 4.78 is 1.22. The lowest BCUT2D eigenvalue weighted by molar-refractivity contribution is 1.08. The van der Waals surface area contributed by atoms with Gasteiger partial charge in [0.05, 0.1) is 15.7 Å². The molecule has 0 bridgehead atoms. The number of fused-ring (bicyclic) bond motifs is 1. The summed E-state index contributed by atoms with van der Waals surface area (Å²) in [5.41, 5.74) is 9.57. The summed E-state index contributed by atoms with van der Waals surface area (Å²) in [6.07, 6.45) is 0. The molecule has 0 fully saturated rings. The molecule has 0 aliphatic carbocycles. The fourth-order valence-electron chi connectivity index (χ4n) is 1.11. The third-order valence-corrected chi connectivity index (χ3v) is 2.46. The van der Waals surface area contributed by atoms with Gasteiger partial charge in [0.25, 0.3) is 0 Å². The van der Waals surface area contributed by atoms with Crippen LogP contribution in [0.1, 0.15) is 5.56 Å². The van der Waals surface area contributed by atoms with Crippen LogP contribution in [0.5, 0.6) is 0 Å². The van der Waals surface area contributed by atoms with E-state index in [2.05, 4.69) is 11.1 Å². The van der Waals surface area contributed by atoms with E-state index in [9.17, 15) is 0 Å². The average molecular weight is 237 g/mol. The van der Waals surface area contributed by atoms with Crippen molar-refractivity contribution in [3.63, 3.8) is 0 Å². The fourth-order valence-corrected chi connectivity index (χ4v) is 1.83. The smallest absolute Gasteiger partial charge is 0.0856 e. The van der Waals surface area contributed by atoms with Crippen molar-refractivity contribution in [2.24, 2.45) is 5.73 Å². The fraction of sp³-hybridized carbons (Fsp3) is 0.125. The van der Waals surface area contributed by atoms with Crippen LogP contribution in [-0.2, 0) is 6.54 Å². The molecule has 72 valence electrons. The van der Waals surface area contributed by atoms with Gasteiger partial charge < -0.3 is 5.73 Å². The largest absolute Gasteiger partial charge is 0.326 e. The van der Waals surface area contributed by atoms with Gasteiger partial charge in [-0.05, 0) is 11.6 Å². The van der Waals surface area contributed by atoms with E-state index in [0.29, 0.717) is 6.54 Å². The summed E-state index contributed by atoms with van der Waals surface area (Å²) in [5.74, 6) is 0. The molecule has 1 heterocycles. The highest BCUT2D eigenvalue weighted by Crippen LogP contribution is 2.20. The van der Waals surface area contributed by atoms with Crippen LogP contribution < -0.4 is 5.73 Å². The van der Waals surface area contributed by atoms with Crippen LogP contribution in [0, 0.1) is 0 Å². The van der Waals surface area contributed by atoms with Gasteiger partial charge in [-0.3, -0.25) is 0 Å². The maximum atomic E-state index is 5.54. The Labute approximate surface area is 93.0 Å². The number of aromatic nitrogens is 1. The molecular formula is C8H10Cl2N2S. The van der Waals surface area contributed by atoms with Crippen LogP contribution >= 0.6 is 36.2 Å². The van der Waals surface area contributed by atoms with Crippen molar-refractivity contribution in [3.8, 4) is 0 Å². The zero-order valence-corrected chi connectivity index (χ0v) is 9.22. The molecule has 0 radical (unpaired) electrons. The first-order valence-electron chi connectivity index (χ1n) is 3.43. The second-order valence-corrected chi connectivity index (χ2v) is 3.21. The highest BCUT2D eigenvalue weighted by Gasteiger charge is 1.99. The predicted octanol–water partition coefficient (Wildman–Crippen LogP) is 2.60. The van der Waals surface area contributed by atoms with Gasteiger partial charge in [-0.2, -0.15) is 0 Å². The first-order chi connectivity index (χ1) is 5.42. The Bertz CT molecular complexity index is 375. The zero-order chi connectivity index (χ0) is 7.68. The van der Waals surface area contributed by atoms with E-state index in [4.69, 9.17) is 5.73 Å². The molecule has 1 aromatic carbocycles. The van der Waals surface area contributed by atoms with Gasteiger partial charge in [-0.15, -0.1) is 36.2 Å². The lowest BCUT2D eigenvalue weighted by atomic mass is 10.2. The molecule has 13 heavy (non-hydrogen) atoms. The topological polar surface area (TPSA) is 38.9 Å². The summed E-state index contributed by atoms with van der Waals surface area (Å²) >= 11 is 1.65. The number of nitrogens with zero attached hydrogens (tertiary/aromatic N) is 1. The number of rotatable bonds is 1. The first-order valence-corrected chi connectivity index (χ1v) is 4.31. The Kier molecular flexibility index (Phi) is 5.25. The summed E-state index contributed by atoms with van der Waals surface area (Å²) in [5, 5.41) is 0. The molecule has 0 saturated heterocycles. The summed E-state index contributed by atoms with van der Waals surface area (Å²) in [4.78, 5) is 4.23. The van der Waals surface area contributed by atoms with Crippen molar-refractivity contribution in [2.75, 3.05) is 0 Å². The second-order valence-electron chi connectivity index (χ2n) is 2.32. The minimum Gasteiger partial charge on any atom is -0.326 e. The van der Waals surface area contributed by atoms with Gasteiger partial charge in [0.1, 0.15) is 0 Å². The number of thiazole rings is 1. The minimum absolute atomic E-state index is 0. The highest BCUT2D eigenvalue weighted by molar-refractivity contribution is 7.16. The van der Waals surface area contributed by atoms with Crippen LogP contribution in [-0.4, -0.2) is 4.98 Å². The van der Waals surface area contributed by atoms with Crippen molar-refractivity contribution < 1.29 is 0 Å². The number of hydrogen-bond donors (Lipinski definition) is 1. The van der Waals surface area contributed by atoms with E-state index in [1.807, 2.05) is 17.6 Å². The van der Waals surface area contributed by atoms with E-state index < -0.39 is 0 Å². The lowest BCUT2D eigenvalue weighted by Crippen LogP contribution is -1.96. The normalized spacial score (nSPS) is 9.00. The minimum atomic E-state index is 0. The van der Waals surface area contributed by atoms with Gasteiger partial charge in [0, 0.05) is 6.54 Å². The summed E-state index contributed by atoms with van der Waals surface area (Å²) in [6, 6.07) is 6.09. The number of halogens is 2. The molecule has 0 atom stereocenters. The van der Waals surface area contributed by atoms with Crippen molar-refractivity contribution in [1.29, 1.82) is 0 Å². The van der Waals surface area contributed by atoms with Crippen molar-refractivity contribution in [1.82, 2.24) is 4.98 Å². The van der Waals surface area contributed by atoms with Crippen LogP contribution in [0.15, 0.2) is 23.7 Å². The Balaban J connectivity index is 0.000000720. The molecule has 0 aliphatic heterocycles. The predicted molar refractivity (Wildman–Crippen MR) is 62.0 cm³/mol. The maximum absolute atomic E-state index is 5.54. The molecule has 0 amide bonds. The molecule has 1 aromatic heterocycles. The molecular weight excluding hydrogens is 227 g/mol. The number of hydrogen-bond acceptors (Lipinski definition) is 3. The molecule has 2 nitrogen and oxygen atoms in total. The van der Waals surface area contributed by atoms with E-state index in [1.54, 1.807) is 11.3 Å². The van der Waals surface area contributed by atoms with E-state index in [-0.39, 0.29) is 24.8 Å². The molecule has 2 N–H and O–H groups in total. The quantitative estimate of drug-likeness (QED) is 0.827. The van der Waals surface area contributed by atoms with Crippen molar-refractivity contribution in [2.45, 2.75) is 6.54 Å². The molecule has 0 aliphatic rings. The Morgan fingerprint density at radius 1 is 1.31 bits per heavy atom. The third-order valence-electron chi connectivity index (χ3n) is 1.66. The monoisotopic (exact) mass is 236 g/mol. The van der Waals surface area contributed by atoms with Gasteiger partial charge in [-0.1, -0.05) is 12.1 Å². The van der Waals surface area contributed by atoms with E-state index >= 15 is 0 Å². The van der Waals surface area contributed by atoms with E-state index in [1.165, 1.54) is 4.70 Å². The molecule has 0 saturated carbocycles. The molecule has 0 spiro atoms. The standard InChI is InChI=1S/C8H8N2S.2ClH/c9-4-6-2-1-3-7-8(6)10-5-11-7;;/h1-3,5H,4,9H2;2*1H. The average Bonchev–Trinajstić information content (AvgIpc) is 2.50. The first kappa shape index (κ1) is 12.7. The number of benzene rings is 1. The van der Waals surface area contributed by atoms with Crippen LogP contribution in [0.4, 0.5) is 0 Å². The van der Waals surface area contributed by atoms with Gasteiger partial charge in [0.2, 0.25) is 0 Å². The molecule has 5 heteroatoms. The number of para-hydroxylation sites is 1. The molecule has 2 rings (SSSR count). The molecule has 0 unspecified atom stereocenters. The van der Waals surface area contributed by atoms with Crippen molar-refractivity contribution in [3.05, 3.63) is 29.3 Å². The van der Waals surface area contributed by atoms with Crippen LogP contribution in [0.3, 0.4) is 0 Å². The second kappa shape index (κ2) is 5.40. The van der Waals surface area contributed by atoms with Crippen LogP contribution in [0.25, 0.3) is 10.2 Å². The van der Waals surface area contributed by atoms with Crippen LogP contribution in [0.2, 0.25) is 0 Å². The third kappa shape index (κ3) is 2.31. The van der Waals surface area contributed by atoms with Crippen molar-refractivity contribution >= 4 is 46.4 Å². The Morgan fingerprint density at radius 3 is 2.77 bits per heavy atom. The van der Waals surface area contributed by atoms with Gasteiger partial charge in [0.15, 0.2) is 0 Å². The zero-order valence-electron chi connectivity index (χ0n) is 6.77. The summed E-state index contributed by atoms with van der Waals surface area (Å²) in [6.45, 7) is 0.571. The van der Waals surface area contributed by atoms with Gasteiger partial charge in [-0.25, -0.2) is 4.98 Å². The van der Waals surface area contributed by atoms with Gasteiger partial charge >= 0.3 is 0 Å². The SMILES string of the molecule is Cl.Cl.NCc1cccc2scnc12. The Hall–Kier alpha value is -0.350. The maximum Gasteiger partial charge on any atom is 0.0856 e. The molecule has 2 aromatic rings. The highest BCUT2D eigenvalue weighted by atomic mass is 35.5. The van der Waals surface area contributed by atoms with E-state index in [0.717, 1.165) is 11.1 Å². The summed E-state index contributed by atoms with van der Waals surface area (Å²) in [7, 11) is 0. The lowest BCUT2D eigenvalue weighted by Gasteiger charge is -1.95.